The molecule has 0 saturated heterocycles. The van der Waals surface area contributed by atoms with Crippen LogP contribution in [0.2, 0.25) is 5.02 Å². The maximum Gasteiger partial charge on any atom is 0.264 e. The number of halogens is 1. The van der Waals surface area contributed by atoms with Crippen molar-refractivity contribution < 1.29 is 13.2 Å². The fourth-order valence-corrected chi connectivity index (χ4v) is 4.92. The Balaban J connectivity index is 1.88. The van der Waals surface area contributed by atoms with E-state index in [0.29, 0.717) is 10.7 Å². The van der Waals surface area contributed by atoms with Crippen molar-refractivity contribution in [2.24, 2.45) is 5.10 Å². The van der Waals surface area contributed by atoms with Gasteiger partial charge in [-0.15, -0.1) is 0 Å². The molecule has 0 radical (unpaired) electrons. The highest BCUT2D eigenvalue weighted by Crippen LogP contribution is 2.26. The second-order valence-corrected chi connectivity index (χ2v) is 10.5. The first-order valence-electron chi connectivity index (χ1n) is 10.7. The Hall–Kier alpha value is -3.16. The summed E-state index contributed by atoms with van der Waals surface area (Å²) in [7, 11) is -4.03. The molecule has 6 nitrogen and oxygen atoms in total. The van der Waals surface area contributed by atoms with E-state index in [9.17, 15) is 13.2 Å². The number of carbonyl (C=O) groups excluding carboxylic acids is 1. The van der Waals surface area contributed by atoms with Crippen LogP contribution in [0, 0.1) is 34.6 Å². The number of benzene rings is 3. The van der Waals surface area contributed by atoms with E-state index in [1.165, 1.54) is 29.8 Å². The maximum absolute atomic E-state index is 13.4. The van der Waals surface area contributed by atoms with Crippen LogP contribution in [0.5, 0.6) is 0 Å². The lowest BCUT2D eigenvalue weighted by molar-refractivity contribution is -0.119. The van der Waals surface area contributed by atoms with Crippen LogP contribution in [-0.2, 0) is 14.8 Å². The van der Waals surface area contributed by atoms with Gasteiger partial charge in [-0.25, -0.2) is 13.8 Å². The second-order valence-electron chi connectivity index (χ2n) is 8.25. The first-order chi connectivity index (χ1) is 16.0. The molecule has 1 amide bonds. The molecule has 3 aromatic carbocycles. The monoisotopic (exact) mass is 497 g/mol. The molecule has 0 aliphatic heterocycles. The largest absolute Gasteiger partial charge is 0.271 e. The zero-order valence-corrected chi connectivity index (χ0v) is 21.5. The number of hydrogen-bond donors (Lipinski definition) is 1. The van der Waals surface area contributed by atoms with Crippen molar-refractivity contribution in [3.05, 3.63) is 93.0 Å². The van der Waals surface area contributed by atoms with Gasteiger partial charge in [-0.3, -0.25) is 9.10 Å². The molecule has 0 bridgehead atoms. The lowest BCUT2D eigenvalue weighted by atomic mass is 10.00. The predicted molar refractivity (Wildman–Crippen MR) is 138 cm³/mol. The summed E-state index contributed by atoms with van der Waals surface area (Å²) < 4.78 is 28.0. The molecule has 8 heteroatoms. The summed E-state index contributed by atoms with van der Waals surface area (Å²) in [6.45, 7) is 9.45. The molecule has 0 atom stereocenters. The highest BCUT2D eigenvalue weighted by atomic mass is 35.5. The van der Waals surface area contributed by atoms with Crippen molar-refractivity contribution in [1.29, 1.82) is 0 Å². The normalized spacial score (nSPS) is 11.6. The molecule has 1 N–H and O–H groups in total. The zero-order chi connectivity index (χ0) is 25.0. The smallest absolute Gasteiger partial charge is 0.264 e. The molecule has 0 aliphatic rings. The van der Waals surface area contributed by atoms with Gasteiger partial charge in [-0.1, -0.05) is 29.8 Å². The van der Waals surface area contributed by atoms with Crippen molar-refractivity contribution in [1.82, 2.24) is 5.43 Å². The standard InChI is InChI=1S/C26H28ClN3O3S/c1-17-7-11-24(14-19(17)3)30(34(32,33)25-12-9-23(27)10-13-25)16-26(31)29-28-15-22-8-6-18(2)20(4)21(22)5/h6-15H,16H2,1-5H3,(H,29,31)/b28-15-. The average molecular weight is 498 g/mol. The van der Waals surface area contributed by atoms with Gasteiger partial charge in [0.15, 0.2) is 0 Å². The number of sulfonamides is 1. The van der Waals surface area contributed by atoms with Crippen LogP contribution in [-0.4, -0.2) is 27.1 Å². The molecule has 0 spiro atoms. The highest BCUT2D eigenvalue weighted by Gasteiger charge is 2.27. The highest BCUT2D eigenvalue weighted by molar-refractivity contribution is 7.92. The van der Waals surface area contributed by atoms with E-state index in [2.05, 4.69) is 10.5 Å². The SMILES string of the molecule is Cc1ccc(N(CC(=O)N/N=C\c2ccc(C)c(C)c2C)S(=O)(=O)c2ccc(Cl)cc2)cc1C. The number of aryl methyl sites for hydroxylation is 3. The molecule has 3 rings (SSSR count). The van der Waals surface area contributed by atoms with E-state index < -0.39 is 22.5 Å². The quantitative estimate of drug-likeness (QED) is 0.358. The fourth-order valence-electron chi connectivity index (χ4n) is 3.39. The predicted octanol–water partition coefficient (Wildman–Crippen LogP) is 5.23. The fraction of sp³-hybridized carbons (Fsp3) is 0.231. The Kier molecular flexibility index (Phi) is 7.79. The molecular formula is C26H28ClN3O3S. The maximum atomic E-state index is 13.4. The lowest BCUT2D eigenvalue weighted by Gasteiger charge is -2.24. The van der Waals surface area contributed by atoms with E-state index in [4.69, 9.17) is 11.6 Å². The van der Waals surface area contributed by atoms with Crippen LogP contribution >= 0.6 is 11.6 Å². The topological polar surface area (TPSA) is 78.8 Å². The minimum absolute atomic E-state index is 0.0391. The van der Waals surface area contributed by atoms with Crippen molar-refractivity contribution in [3.8, 4) is 0 Å². The number of hydrogen-bond acceptors (Lipinski definition) is 4. The van der Waals surface area contributed by atoms with E-state index >= 15 is 0 Å². The summed E-state index contributed by atoms with van der Waals surface area (Å²) in [4.78, 5) is 12.8. The summed E-state index contributed by atoms with van der Waals surface area (Å²) in [5, 5.41) is 4.48. The molecular weight excluding hydrogens is 470 g/mol. The molecule has 34 heavy (non-hydrogen) atoms. The summed E-state index contributed by atoms with van der Waals surface area (Å²) in [6, 6.07) is 15.0. The van der Waals surface area contributed by atoms with Crippen LogP contribution in [0.3, 0.4) is 0 Å². The van der Waals surface area contributed by atoms with Crippen molar-refractivity contribution in [2.45, 2.75) is 39.5 Å². The van der Waals surface area contributed by atoms with Crippen LogP contribution in [0.25, 0.3) is 0 Å². The van der Waals surface area contributed by atoms with Gasteiger partial charge in [0.2, 0.25) is 0 Å². The Bertz CT molecular complexity index is 1350. The summed E-state index contributed by atoms with van der Waals surface area (Å²) in [5.41, 5.74) is 9.06. The van der Waals surface area contributed by atoms with Crippen LogP contribution < -0.4 is 9.73 Å². The first kappa shape index (κ1) is 25.5. The number of rotatable bonds is 7. The van der Waals surface area contributed by atoms with E-state index in [-0.39, 0.29) is 4.90 Å². The molecule has 0 aromatic heterocycles. The average Bonchev–Trinajstić information content (AvgIpc) is 2.79. The van der Waals surface area contributed by atoms with Crippen molar-refractivity contribution in [2.75, 3.05) is 10.8 Å². The minimum atomic E-state index is -4.03. The zero-order valence-electron chi connectivity index (χ0n) is 19.9. The third-order valence-electron chi connectivity index (χ3n) is 5.96. The van der Waals surface area contributed by atoms with Crippen LogP contribution in [0.15, 0.2) is 64.6 Å². The van der Waals surface area contributed by atoms with Crippen molar-refractivity contribution >= 4 is 39.4 Å². The number of amides is 1. The third-order valence-corrected chi connectivity index (χ3v) is 8.00. The van der Waals surface area contributed by atoms with Gasteiger partial charge in [0.25, 0.3) is 15.9 Å². The Morgan fingerprint density at radius 1 is 0.912 bits per heavy atom. The minimum Gasteiger partial charge on any atom is -0.271 e. The Morgan fingerprint density at radius 2 is 1.56 bits per heavy atom. The molecule has 0 unspecified atom stereocenters. The molecule has 3 aromatic rings. The molecule has 0 saturated carbocycles. The van der Waals surface area contributed by atoms with Gasteiger partial charge in [0, 0.05) is 5.02 Å². The van der Waals surface area contributed by atoms with Crippen molar-refractivity contribution in [3.63, 3.8) is 0 Å². The van der Waals surface area contributed by atoms with E-state index in [0.717, 1.165) is 32.1 Å². The number of nitrogens with one attached hydrogen (secondary N) is 1. The van der Waals surface area contributed by atoms with Crippen LogP contribution in [0.1, 0.15) is 33.4 Å². The number of anilines is 1. The van der Waals surface area contributed by atoms with Gasteiger partial charge >= 0.3 is 0 Å². The van der Waals surface area contributed by atoms with Gasteiger partial charge in [-0.2, -0.15) is 5.10 Å². The molecule has 178 valence electrons. The second kappa shape index (κ2) is 10.4. The van der Waals surface area contributed by atoms with Gasteiger partial charge < -0.3 is 0 Å². The Labute approximate surface area is 206 Å². The molecule has 0 aliphatic carbocycles. The lowest BCUT2D eigenvalue weighted by Crippen LogP contribution is -2.39. The van der Waals surface area contributed by atoms with Gasteiger partial charge in [0.1, 0.15) is 6.54 Å². The summed E-state index contributed by atoms with van der Waals surface area (Å²) >= 11 is 5.93. The summed E-state index contributed by atoms with van der Waals surface area (Å²) in [5.74, 6) is -0.562. The number of carbonyl (C=O) groups is 1. The van der Waals surface area contributed by atoms with Gasteiger partial charge in [0.05, 0.1) is 16.8 Å². The number of hydrazone groups is 1. The third kappa shape index (κ3) is 5.66. The number of nitrogens with zero attached hydrogens (tertiary/aromatic N) is 2. The molecule has 0 fully saturated rings. The Morgan fingerprint density at radius 3 is 2.21 bits per heavy atom. The van der Waals surface area contributed by atoms with Gasteiger partial charge in [-0.05, 0) is 104 Å². The summed E-state index contributed by atoms with van der Waals surface area (Å²) in [6.07, 6.45) is 1.56. The van der Waals surface area contributed by atoms with E-state index in [1.807, 2.05) is 52.8 Å². The van der Waals surface area contributed by atoms with E-state index in [1.54, 1.807) is 18.3 Å². The van der Waals surface area contributed by atoms with Crippen LogP contribution in [0.4, 0.5) is 5.69 Å². The molecule has 0 heterocycles. The first-order valence-corrected chi connectivity index (χ1v) is 12.6.